The highest BCUT2D eigenvalue weighted by Crippen LogP contribution is 2.42. The highest BCUT2D eigenvalue weighted by molar-refractivity contribution is 6.12. The lowest BCUT2D eigenvalue weighted by Gasteiger charge is -2.19. The van der Waals surface area contributed by atoms with E-state index in [-0.39, 0.29) is 11.2 Å². The average molecular weight is 450 g/mol. The van der Waals surface area contributed by atoms with E-state index in [1.54, 1.807) is 6.20 Å². The number of fused-ring (bicyclic) bond motifs is 3. The number of halogens is 1. The molecular formula is C30H26FN2O+. The van der Waals surface area contributed by atoms with Crippen molar-refractivity contribution < 1.29 is 13.4 Å². The van der Waals surface area contributed by atoms with Crippen LogP contribution < -0.4 is 4.57 Å². The molecule has 0 unspecified atom stereocenters. The third-order valence-corrected chi connectivity index (χ3v) is 6.46. The molecule has 0 aliphatic carbocycles. The zero-order valence-corrected chi connectivity index (χ0v) is 20.0. The summed E-state index contributed by atoms with van der Waals surface area (Å²) < 4.78 is 23.1. The van der Waals surface area contributed by atoms with Gasteiger partial charge in [-0.1, -0.05) is 63.2 Å². The van der Waals surface area contributed by atoms with Crippen LogP contribution in [0.3, 0.4) is 0 Å². The molecule has 34 heavy (non-hydrogen) atoms. The van der Waals surface area contributed by atoms with Gasteiger partial charge in [0, 0.05) is 22.4 Å². The fourth-order valence-electron chi connectivity index (χ4n) is 4.67. The Morgan fingerprint density at radius 3 is 2.38 bits per heavy atom. The highest BCUT2D eigenvalue weighted by atomic mass is 19.1. The van der Waals surface area contributed by atoms with Crippen LogP contribution in [-0.2, 0) is 12.5 Å². The van der Waals surface area contributed by atoms with Gasteiger partial charge in [-0.25, -0.2) is 9.24 Å². The van der Waals surface area contributed by atoms with E-state index in [1.807, 2.05) is 93.9 Å². The lowest BCUT2D eigenvalue weighted by Crippen LogP contribution is -2.33. The summed E-state index contributed by atoms with van der Waals surface area (Å²) in [6, 6.07) is 19.8. The van der Waals surface area contributed by atoms with Crippen molar-refractivity contribution in [3.8, 4) is 22.4 Å². The topological polar surface area (TPSA) is 21.4 Å². The van der Waals surface area contributed by atoms with E-state index in [1.165, 1.54) is 0 Å². The van der Waals surface area contributed by atoms with Gasteiger partial charge in [0.25, 0.3) is 0 Å². The van der Waals surface area contributed by atoms with E-state index in [9.17, 15) is 4.39 Å². The lowest BCUT2D eigenvalue weighted by molar-refractivity contribution is -0.662. The van der Waals surface area contributed by atoms with Gasteiger partial charge >= 0.3 is 0 Å². The third-order valence-electron chi connectivity index (χ3n) is 6.46. The van der Waals surface area contributed by atoms with Crippen molar-refractivity contribution in [1.82, 2.24) is 0 Å². The lowest BCUT2D eigenvalue weighted by atomic mass is 9.86. The molecule has 2 aromatic heterocycles. The molecule has 168 valence electrons. The van der Waals surface area contributed by atoms with Crippen molar-refractivity contribution in [2.45, 2.75) is 33.1 Å². The predicted octanol–water partition coefficient (Wildman–Crippen LogP) is 8.04. The maximum absolute atomic E-state index is 14.8. The summed E-state index contributed by atoms with van der Waals surface area (Å²) in [5.74, 6) is -0.220. The van der Waals surface area contributed by atoms with Crippen LogP contribution in [0.25, 0.3) is 49.2 Å². The third kappa shape index (κ3) is 3.45. The summed E-state index contributed by atoms with van der Waals surface area (Å²) in [4.78, 5) is 3.81. The number of benzene rings is 3. The number of aromatic nitrogens is 1. The van der Waals surface area contributed by atoms with E-state index < -0.39 is 0 Å². The quantitative estimate of drug-likeness (QED) is 0.197. The SMILES string of the molecule is [C-]#[N+]c1cc2c(cc1-c1ccccc1)oc1c(-c3cc(C(C)(C)C)c(F)c[n+]3C)c(C)ccc12. The Morgan fingerprint density at radius 2 is 1.71 bits per heavy atom. The molecule has 0 saturated carbocycles. The van der Waals surface area contributed by atoms with Crippen molar-refractivity contribution in [1.29, 1.82) is 0 Å². The van der Waals surface area contributed by atoms with Crippen LogP contribution in [0.15, 0.2) is 71.3 Å². The number of furan rings is 1. The van der Waals surface area contributed by atoms with Crippen molar-refractivity contribution in [3.63, 3.8) is 0 Å². The number of rotatable bonds is 2. The van der Waals surface area contributed by atoms with Gasteiger partial charge in [-0.3, -0.25) is 0 Å². The van der Waals surface area contributed by atoms with Crippen molar-refractivity contribution >= 4 is 27.6 Å². The first kappa shape index (κ1) is 21.9. The van der Waals surface area contributed by atoms with Crippen LogP contribution in [0.2, 0.25) is 0 Å². The molecule has 5 rings (SSSR count). The van der Waals surface area contributed by atoms with Crippen LogP contribution in [-0.4, -0.2) is 0 Å². The molecule has 0 fully saturated rings. The second-order valence-corrected chi connectivity index (χ2v) is 9.86. The Kier molecular flexibility index (Phi) is 5.02. The minimum absolute atomic E-state index is 0.220. The van der Waals surface area contributed by atoms with Gasteiger partial charge < -0.3 is 4.42 Å². The van der Waals surface area contributed by atoms with Gasteiger partial charge in [-0.05, 0) is 41.2 Å². The summed E-state index contributed by atoms with van der Waals surface area (Å²) in [5.41, 5.74) is 7.09. The average Bonchev–Trinajstić information content (AvgIpc) is 3.16. The summed E-state index contributed by atoms with van der Waals surface area (Å²) in [7, 11) is 1.86. The fraction of sp³-hybridized carbons (Fsp3) is 0.200. The Hall–Kier alpha value is -3.97. The summed E-state index contributed by atoms with van der Waals surface area (Å²) >= 11 is 0. The van der Waals surface area contributed by atoms with Crippen LogP contribution in [0.4, 0.5) is 10.1 Å². The maximum atomic E-state index is 14.8. The van der Waals surface area contributed by atoms with Crippen LogP contribution >= 0.6 is 0 Å². The molecule has 0 atom stereocenters. The number of aryl methyl sites for hydroxylation is 2. The summed E-state index contributed by atoms with van der Waals surface area (Å²) in [6.07, 6.45) is 1.54. The van der Waals surface area contributed by atoms with Gasteiger partial charge in [0.2, 0.25) is 11.9 Å². The standard InChI is InChI=1S/C30H26FN2O/c1-18-12-13-20-22-14-25(32-5)21(19-10-8-7-9-11-19)15-27(22)34-29(20)28(18)26-16-23(30(2,3)4)24(31)17-33(26)6/h7-17H,1-4,6H3/q+1. The molecule has 0 N–H and O–H groups in total. The Bertz CT molecular complexity index is 1620. The van der Waals surface area contributed by atoms with Crippen LogP contribution in [0.5, 0.6) is 0 Å². The fourth-order valence-corrected chi connectivity index (χ4v) is 4.67. The van der Waals surface area contributed by atoms with Gasteiger partial charge in [0.15, 0.2) is 11.5 Å². The van der Waals surface area contributed by atoms with Gasteiger partial charge in [0.1, 0.15) is 18.2 Å². The maximum Gasteiger partial charge on any atom is 0.216 e. The summed E-state index contributed by atoms with van der Waals surface area (Å²) in [6.45, 7) is 15.9. The largest absolute Gasteiger partial charge is 0.455 e. The van der Waals surface area contributed by atoms with Crippen LogP contribution in [0, 0.1) is 19.3 Å². The minimum Gasteiger partial charge on any atom is -0.455 e. The normalized spacial score (nSPS) is 11.8. The number of pyridine rings is 1. The Balaban J connectivity index is 1.84. The number of hydrogen-bond acceptors (Lipinski definition) is 1. The summed E-state index contributed by atoms with van der Waals surface area (Å²) in [5, 5.41) is 1.85. The molecule has 0 radical (unpaired) electrons. The molecule has 3 nitrogen and oxygen atoms in total. The van der Waals surface area contributed by atoms with Crippen molar-refractivity contribution in [2.75, 3.05) is 0 Å². The zero-order valence-electron chi connectivity index (χ0n) is 20.0. The first-order chi connectivity index (χ1) is 16.2. The first-order valence-electron chi connectivity index (χ1n) is 11.3. The first-order valence-corrected chi connectivity index (χ1v) is 11.3. The molecule has 0 aliphatic rings. The molecule has 2 heterocycles. The predicted molar refractivity (Wildman–Crippen MR) is 135 cm³/mol. The molecule has 0 spiro atoms. The highest BCUT2D eigenvalue weighted by Gasteiger charge is 2.27. The monoisotopic (exact) mass is 449 g/mol. The van der Waals surface area contributed by atoms with E-state index >= 15 is 0 Å². The van der Waals surface area contributed by atoms with Gasteiger partial charge in [-0.15, -0.1) is 0 Å². The molecule has 0 bridgehead atoms. The molecule has 3 aromatic carbocycles. The molecule has 0 saturated heterocycles. The van der Waals surface area contributed by atoms with Crippen LogP contribution in [0.1, 0.15) is 31.9 Å². The Labute approximate surface area is 198 Å². The minimum atomic E-state index is -0.335. The van der Waals surface area contributed by atoms with E-state index in [2.05, 4.69) is 10.9 Å². The second kappa shape index (κ2) is 7.81. The van der Waals surface area contributed by atoms with E-state index in [4.69, 9.17) is 11.0 Å². The molecule has 4 heteroatoms. The Morgan fingerprint density at radius 1 is 0.971 bits per heavy atom. The number of nitrogens with zero attached hydrogens (tertiary/aromatic N) is 2. The van der Waals surface area contributed by atoms with Crippen molar-refractivity contribution in [2.24, 2.45) is 7.05 Å². The molecule has 0 amide bonds. The smallest absolute Gasteiger partial charge is 0.216 e. The van der Waals surface area contributed by atoms with Gasteiger partial charge in [0.05, 0.1) is 12.1 Å². The number of hydrogen-bond donors (Lipinski definition) is 0. The van der Waals surface area contributed by atoms with Gasteiger partial charge in [-0.2, -0.15) is 4.57 Å². The molecule has 0 aliphatic heterocycles. The van der Waals surface area contributed by atoms with Crippen molar-refractivity contribution in [3.05, 3.63) is 95.2 Å². The molecular weight excluding hydrogens is 423 g/mol. The molecule has 5 aromatic rings. The van der Waals surface area contributed by atoms with E-state index in [0.29, 0.717) is 11.3 Å². The van der Waals surface area contributed by atoms with E-state index in [0.717, 1.165) is 49.9 Å². The second-order valence-electron chi connectivity index (χ2n) is 9.86. The zero-order chi connectivity index (χ0) is 24.2.